The van der Waals surface area contributed by atoms with E-state index >= 15 is 0 Å². The molecule has 3 rings (SSSR count). The van der Waals surface area contributed by atoms with Gasteiger partial charge in [0.15, 0.2) is 0 Å². The van der Waals surface area contributed by atoms with E-state index in [-0.39, 0.29) is 11.9 Å². The Labute approximate surface area is 141 Å². The maximum absolute atomic E-state index is 12.6. The van der Waals surface area contributed by atoms with Gasteiger partial charge >= 0.3 is 0 Å². The number of methoxy groups -OCH3 is 1. The van der Waals surface area contributed by atoms with Gasteiger partial charge in [-0.05, 0) is 42.7 Å². The molecule has 1 aliphatic rings. The molecular formula is C19H21NO2S. The molecule has 2 aromatic carbocycles. The molecule has 1 aliphatic heterocycles. The van der Waals surface area contributed by atoms with Crippen molar-refractivity contribution < 1.29 is 9.53 Å². The number of hydrogen-bond acceptors (Lipinski definition) is 3. The van der Waals surface area contributed by atoms with Crippen molar-refractivity contribution in [1.29, 1.82) is 0 Å². The van der Waals surface area contributed by atoms with Gasteiger partial charge in [-0.2, -0.15) is 0 Å². The van der Waals surface area contributed by atoms with Gasteiger partial charge in [0.2, 0.25) is 5.91 Å². The Morgan fingerprint density at radius 1 is 1.26 bits per heavy atom. The van der Waals surface area contributed by atoms with Gasteiger partial charge in [-0.3, -0.25) is 4.79 Å². The first-order valence-electron chi connectivity index (χ1n) is 7.79. The van der Waals surface area contributed by atoms with E-state index < -0.39 is 0 Å². The van der Waals surface area contributed by atoms with E-state index in [1.165, 1.54) is 11.1 Å². The molecule has 1 atom stereocenters. The molecular weight excluding hydrogens is 306 g/mol. The predicted octanol–water partition coefficient (Wildman–Crippen LogP) is 3.91. The summed E-state index contributed by atoms with van der Waals surface area (Å²) < 4.78 is 5.23. The number of anilines is 1. The minimum absolute atomic E-state index is 0.190. The molecule has 0 bridgehead atoms. The van der Waals surface area contributed by atoms with Crippen LogP contribution in [0.4, 0.5) is 5.69 Å². The summed E-state index contributed by atoms with van der Waals surface area (Å²) in [6.07, 6.45) is 0.947. The third kappa shape index (κ3) is 3.53. The van der Waals surface area contributed by atoms with Crippen molar-refractivity contribution in [3.63, 3.8) is 0 Å². The topological polar surface area (TPSA) is 29.5 Å². The number of carbonyl (C=O) groups is 1. The number of carbonyl (C=O) groups excluding carboxylic acids is 1. The molecule has 1 heterocycles. The smallest absolute Gasteiger partial charge is 0.237 e. The quantitative estimate of drug-likeness (QED) is 0.834. The minimum atomic E-state index is 0.190. The zero-order valence-electron chi connectivity index (χ0n) is 13.5. The van der Waals surface area contributed by atoms with Crippen molar-refractivity contribution >= 4 is 23.4 Å². The number of amides is 1. The lowest BCUT2D eigenvalue weighted by atomic mass is 10.1. The Morgan fingerprint density at radius 3 is 2.91 bits per heavy atom. The highest BCUT2D eigenvalue weighted by Crippen LogP contribution is 2.32. The Kier molecular flexibility index (Phi) is 4.91. The van der Waals surface area contributed by atoms with Gasteiger partial charge in [0, 0.05) is 17.5 Å². The highest BCUT2D eigenvalue weighted by atomic mass is 32.2. The third-order valence-electron chi connectivity index (χ3n) is 4.10. The first-order valence-corrected chi connectivity index (χ1v) is 8.95. The van der Waals surface area contributed by atoms with Crippen molar-refractivity contribution in [2.45, 2.75) is 25.1 Å². The number of ether oxygens (including phenoxy) is 1. The van der Waals surface area contributed by atoms with Crippen molar-refractivity contribution in [3.8, 4) is 5.75 Å². The second kappa shape index (κ2) is 7.09. The van der Waals surface area contributed by atoms with Crippen LogP contribution in [-0.2, 0) is 17.0 Å². The molecule has 0 N–H and O–H groups in total. The molecule has 0 spiro atoms. The van der Waals surface area contributed by atoms with Crippen LogP contribution in [0.1, 0.15) is 18.1 Å². The van der Waals surface area contributed by atoms with Crippen LogP contribution in [-0.4, -0.2) is 24.8 Å². The third-order valence-corrected chi connectivity index (χ3v) is 5.09. The SMILES string of the molecule is COc1cccc(CSCC(=O)N2c3ccccc3CC2C)c1. The normalized spacial score (nSPS) is 16.3. The van der Waals surface area contributed by atoms with E-state index in [0.29, 0.717) is 5.75 Å². The van der Waals surface area contributed by atoms with Crippen LogP contribution in [0.5, 0.6) is 5.75 Å². The first kappa shape index (κ1) is 15.9. The van der Waals surface area contributed by atoms with Gasteiger partial charge in [-0.15, -0.1) is 11.8 Å². The predicted molar refractivity (Wildman–Crippen MR) is 96.3 cm³/mol. The van der Waals surface area contributed by atoms with Crippen LogP contribution in [0.15, 0.2) is 48.5 Å². The molecule has 0 aliphatic carbocycles. The summed E-state index contributed by atoms with van der Waals surface area (Å²) in [5.74, 6) is 2.36. The lowest BCUT2D eigenvalue weighted by Gasteiger charge is -2.22. The highest BCUT2D eigenvalue weighted by molar-refractivity contribution is 7.99. The Morgan fingerprint density at radius 2 is 2.09 bits per heavy atom. The number of rotatable bonds is 5. The molecule has 4 heteroatoms. The molecule has 0 aromatic heterocycles. The summed E-state index contributed by atoms with van der Waals surface area (Å²) in [6, 6.07) is 16.4. The Balaban J connectivity index is 1.59. The van der Waals surface area contributed by atoms with Gasteiger partial charge in [0.1, 0.15) is 5.75 Å². The van der Waals surface area contributed by atoms with Crippen LogP contribution in [0.3, 0.4) is 0 Å². The molecule has 120 valence electrons. The number of thioether (sulfide) groups is 1. The Hall–Kier alpha value is -1.94. The molecule has 0 radical (unpaired) electrons. The summed E-state index contributed by atoms with van der Waals surface area (Å²) in [5, 5.41) is 0. The van der Waals surface area contributed by atoms with E-state index in [1.807, 2.05) is 41.3 Å². The first-order chi connectivity index (χ1) is 11.2. The Bertz CT molecular complexity index is 701. The van der Waals surface area contributed by atoms with Crippen LogP contribution in [0, 0.1) is 0 Å². The summed E-state index contributed by atoms with van der Waals surface area (Å²) >= 11 is 1.65. The number of nitrogens with zero attached hydrogens (tertiary/aromatic N) is 1. The van der Waals surface area contributed by atoms with Crippen molar-refractivity contribution in [2.24, 2.45) is 0 Å². The van der Waals surface area contributed by atoms with Gasteiger partial charge in [-0.1, -0.05) is 30.3 Å². The average molecular weight is 327 g/mol. The van der Waals surface area contributed by atoms with Gasteiger partial charge < -0.3 is 9.64 Å². The van der Waals surface area contributed by atoms with E-state index in [2.05, 4.69) is 19.1 Å². The fourth-order valence-electron chi connectivity index (χ4n) is 3.03. The molecule has 2 aromatic rings. The maximum atomic E-state index is 12.6. The molecule has 0 saturated carbocycles. The molecule has 0 fully saturated rings. The van der Waals surface area contributed by atoms with E-state index in [4.69, 9.17) is 4.74 Å². The van der Waals surface area contributed by atoms with Gasteiger partial charge in [0.25, 0.3) is 0 Å². The minimum Gasteiger partial charge on any atom is -0.497 e. The fraction of sp³-hybridized carbons (Fsp3) is 0.316. The largest absolute Gasteiger partial charge is 0.497 e. The zero-order chi connectivity index (χ0) is 16.2. The lowest BCUT2D eigenvalue weighted by molar-refractivity contribution is -0.116. The second-order valence-corrected chi connectivity index (χ2v) is 6.78. The fourth-order valence-corrected chi connectivity index (χ4v) is 3.86. The maximum Gasteiger partial charge on any atom is 0.237 e. The van der Waals surface area contributed by atoms with Crippen molar-refractivity contribution in [2.75, 3.05) is 17.8 Å². The van der Waals surface area contributed by atoms with Gasteiger partial charge in [0.05, 0.1) is 12.9 Å². The summed E-state index contributed by atoms with van der Waals surface area (Å²) in [4.78, 5) is 14.6. The summed E-state index contributed by atoms with van der Waals surface area (Å²) in [7, 11) is 1.67. The number of fused-ring (bicyclic) bond motifs is 1. The average Bonchev–Trinajstić information content (AvgIpc) is 2.90. The van der Waals surface area contributed by atoms with Crippen LogP contribution >= 0.6 is 11.8 Å². The molecule has 1 unspecified atom stereocenters. The number of para-hydroxylation sites is 1. The summed E-state index contributed by atoms with van der Waals surface area (Å²) in [5.41, 5.74) is 3.52. The van der Waals surface area contributed by atoms with E-state index in [9.17, 15) is 4.79 Å². The van der Waals surface area contributed by atoms with Gasteiger partial charge in [-0.25, -0.2) is 0 Å². The standard InChI is InChI=1S/C19H21NO2S/c1-14-10-16-7-3-4-9-18(16)20(14)19(21)13-23-12-15-6-5-8-17(11-15)22-2/h3-9,11,14H,10,12-13H2,1-2H3. The number of benzene rings is 2. The lowest BCUT2D eigenvalue weighted by Crippen LogP contribution is -2.37. The van der Waals surface area contributed by atoms with Crippen molar-refractivity contribution in [3.05, 3.63) is 59.7 Å². The van der Waals surface area contributed by atoms with E-state index in [0.717, 1.165) is 23.6 Å². The van der Waals surface area contributed by atoms with Crippen LogP contribution in [0.25, 0.3) is 0 Å². The monoisotopic (exact) mass is 327 g/mol. The zero-order valence-corrected chi connectivity index (χ0v) is 14.3. The summed E-state index contributed by atoms with van der Waals surface area (Å²) in [6.45, 7) is 2.12. The number of hydrogen-bond donors (Lipinski definition) is 0. The second-order valence-electron chi connectivity index (χ2n) is 5.79. The van der Waals surface area contributed by atoms with Crippen LogP contribution < -0.4 is 9.64 Å². The van der Waals surface area contributed by atoms with Crippen LogP contribution in [0.2, 0.25) is 0 Å². The van der Waals surface area contributed by atoms with E-state index in [1.54, 1.807) is 18.9 Å². The molecule has 0 saturated heterocycles. The van der Waals surface area contributed by atoms with Crippen molar-refractivity contribution in [1.82, 2.24) is 0 Å². The molecule has 3 nitrogen and oxygen atoms in total. The molecule has 23 heavy (non-hydrogen) atoms. The molecule has 1 amide bonds. The highest BCUT2D eigenvalue weighted by Gasteiger charge is 2.30.